The lowest BCUT2D eigenvalue weighted by Gasteiger charge is -2.16. The Labute approximate surface area is 156 Å². The van der Waals surface area contributed by atoms with Gasteiger partial charge in [-0.3, -0.25) is 4.79 Å². The van der Waals surface area contributed by atoms with Crippen LogP contribution in [0.15, 0.2) is 41.4 Å². The predicted molar refractivity (Wildman–Crippen MR) is 96.6 cm³/mol. The average Bonchev–Trinajstić information content (AvgIpc) is 3.10. The molecule has 0 spiro atoms. The molecule has 0 aliphatic heterocycles. The minimum absolute atomic E-state index is 0.0305. The molecule has 10 heteroatoms. The van der Waals surface area contributed by atoms with Gasteiger partial charge in [-0.05, 0) is 37.3 Å². The number of aromatic amines is 1. The van der Waals surface area contributed by atoms with E-state index in [1.165, 1.54) is 45.3 Å². The molecular formula is C16H18ClN3O5S. The topological polar surface area (TPSA) is 109 Å². The summed E-state index contributed by atoms with van der Waals surface area (Å²) in [7, 11) is -1.03. The van der Waals surface area contributed by atoms with E-state index in [0.29, 0.717) is 0 Å². The maximum Gasteiger partial charge on any atom is 0.355 e. The van der Waals surface area contributed by atoms with Crippen molar-refractivity contribution < 1.29 is 22.7 Å². The van der Waals surface area contributed by atoms with E-state index < -0.39 is 28.0 Å². The number of esters is 1. The van der Waals surface area contributed by atoms with Gasteiger partial charge >= 0.3 is 5.97 Å². The third-order valence-corrected chi connectivity index (χ3v) is 5.72. The predicted octanol–water partition coefficient (Wildman–Crippen LogP) is 2.10. The molecule has 140 valence electrons. The first-order valence-electron chi connectivity index (χ1n) is 7.50. The van der Waals surface area contributed by atoms with Gasteiger partial charge in [0, 0.05) is 26.0 Å². The van der Waals surface area contributed by atoms with Gasteiger partial charge in [-0.2, -0.15) is 0 Å². The molecule has 1 heterocycles. The zero-order valence-corrected chi connectivity index (χ0v) is 15.9. The molecular weight excluding hydrogens is 382 g/mol. The van der Waals surface area contributed by atoms with Gasteiger partial charge in [-0.15, -0.1) is 0 Å². The summed E-state index contributed by atoms with van der Waals surface area (Å²) in [5, 5.41) is 2.53. The number of sulfonamides is 1. The maximum atomic E-state index is 12.3. The van der Waals surface area contributed by atoms with Gasteiger partial charge in [0.1, 0.15) is 10.6 Å². The van der Waals surface area contributed by atoms with Crippen LogP contribution in [0.2, 0.25) is 5.02 Å². The van der Waals surface area contributed by atoms with Crippen LogP contribution < -0.4 is 5.32 Å². The Kier molecular flexibility index (Phi) is 6.06. The molecule has 1 amide bonds. The van der Waals surface area contributed by atoms with E-state index in [9.17, 15) is 18.0 Å². The molecule has 0 saturated carbocycles. The van der Waals surface area contributed by atoms with Crippen molar-refractivity contribution in [2.24, 2.45) is 0 Å². The molecule has 1 aromatic heterocycles. The van der Waals surface area contributed by atoms with Crippen molar-refractivity contribution in [2.75, 3.05) is 19.4 Å². The Morgan fingerprint density at radius 2 is 1.96 bits per heavy atom. The van der Waals surface area contributed by atoms with Crippen LogP contribution in [-0.2, 0) is 19.6 Å². The Morgan fingerprint density at radius 3 is 2.54 bits per heavy atom. The third-order valence-electron chi connectivity index (χ3n) is 3.43. The number of H-pyrrole nitrogens is 1. The highest BCUT2D eigenvalue weighted by atomic mass is 35.5. The minimum atomic E-state index is -3.77. The monoisotopic (exact) mass is 399 g/mol. The van der Waals surface area contributed by atoms with E-state index in [1.807, 2.05) is 0 Å². The number of halogens is 1. The molecule has 0 unspecified atom stereocenters. The number of amides is 1. The SMILES string of the molecule is C[C@H](OC(=O)c1ccc[nH]1)C(=O)Nc1ccc(Cl)c(S(=O)(=O)N(C)C)c1. The lowest BCUT2D eigenvalue weighted by Crippen LogP contribution is -2.30. The maximum absolute atomic E-state index is 12.3. The van der Waals surface area contributed by atoms with E-state index in [0.717, 1.165) is 4.31 Å². The first kappa shape index (κ1) is 20.0. The van der Waals surface area contributed by atoms with Crippen molar-refractivity contribution in [3.63, 3.8) is 0 Å². The molecule has 1 atom stereocenters. The molecule has 26 heavy (non-hydrogen) atoms. The summed E-state index contributed by atoms with van der Waals surface area (Å²) < 4.78 is 30.6. The summed E-state index contributed by atoms with van der Waals surface area (Å²) in [5.41, 5.74) is 0.429. The van der Waals surface area contributed by atoms with E-state index in [2.05, 4.69) is 10.3 Å². The lowest BCUT2D eigenvalue weighted by atomic mass is 10.3. The van der Waals surface area contributed by atoms with Crippen molar-refractivity contribution in [3.8, 4) is 0 Å². The molecule has 0 aliphatic carbocycles. The van der Waals surface area contributed by atoms with E-state index >= 15 is 0 Å². The number of carbonyl (C=O) groups excluding carboxylic acids is 2. The molecule has 2 N–H and O–H groups in total. The van der Waals surface area contributed by atoms with Crippen LogP contribution in [0.1, 0.15) is 17.4 Å². The van der Waals surface area contributed by atoms with Gasteiger partial charge in [0.25, 0.3) is 5.91 Å². The van der Waals surface area contributed by atoms with Gasteiger partial charge in [-0.1, -0.05) is 11.6 Å². The second-order valence-electron chi connectivity index (χ2n) is 5.55. The lowest BCUT2D eigenvalue weighted by molar-refractivity contribution is -0.123. The van der Waals surface area contributed by atoms with E-state index in [-0.39, 0.29) is 21.3 Å². The summed E-state index contributed by atoms with van der Waals surface area (Å²) in [4.78, 5) is 26.6. The molecule has 0 aliphatic rings. The summed E-state index contributed by atoms with van der Waals surface area (Å²) in [6.45, 7) is 1.41. The quantitative estimate of drug-likeness (QED) is 0.723. The fourth-order valence-corrected chi connectivity index (χ4v) is 3.35. The molecule has 2 rings (SSSR count). The number of rotatable bonds is 6. The van der Waals surface area contributed by atoms with Gasteiger partial charge in [-0.25, -0.2) is 17.5 Å². The van der Waals surface area contributed by atoms with Crippen LogP contribution in [0.3, 0.4) is 0 Å². The average molecular weight is 400 g/mol. The number of aromatic nitrogens is 1. The number of ether oxygens (including phenoxy) is 1. The number of benzene rings is 1. The van der Waals surface area contributed by atoms with Gasteiger partial charge in [0.05, 0.1) is 5.02 Å². The Balaban J connectivity index is 2.13. The Bertz CT molecular complexity index is 910. The number of hydrogen-bond donors (Lipinski definition) is 2. The summed E-state index contributed by atoms with van der Waals surface area (Å²) in [6.07, 6.45) is 0.470. The van der Waals surface area contributed by atoms with Crippen molar-refractivity contribution in [1.82, 2.24) is 9.29 Å². The van der Waals surface area contributed by atoms with Crippen molar-refractivity contribution >= 4 is 39.2 Å². The smallest absolute Gasteiger partial charge is 0.355 e. The van der Waals surface area contributed by atoms with Crippen LogP contribution >= 0.6 is 11.6 Å². The molecule has 0 saturated heterocycles. The van der Waals surface area contributed by atoms with Crippen LogP contribution in [0, 0.1) is 0 Å². The standard InChI is InChI=1S/C16H18ClN3O5S/c1-10(25-16(22)13-5-4-8-18-13)15(21)19-11-6-7-12(17)14(9-11)26(23,24)20(2)3/h4-10,18H,1-3H3,(H,19,21)/t10-/m0/s1. The molecule has 0 radical (unpaired) electrons. The first-order valence-corrected chi connectivity index (χ1v) is 9.32. The third kappa shape index (κ3) is 4.43. The molecule has 2 aromatic rings. The number of anilines is 1. The molecule has 1 aromatic carbocycles. The number of hydrogen-bond acceptors (Lipinski definition) is 5. The van der Waals surface area contributed by atoms with Crippen LogP contribution in [0.25, 0.3) is 0 Å². The Hall–Kier alpha value is -2.36. The number of nitrogens with zero attached hydrogens (tertiary/aromatic N) is 1. The van der Waals surface area contributed by atoms with Gasteiger partial charge < -0.3 is 15.0 Å². The first-order chi connectivity index (χ1) is 12.1. The zero-order valence-electron chi connectivity index (χ0n) is 14.3. The fourth-order valence-electron chi connectivity index (χ4n) is 1.95. The molecule has 8 nitrogen and oxygen atoms in total. The largest absolute Gasteiger partial charge is 0.448 e. The van der Waals surface area contributed by atoms with Crippen molar-refractivity contribution in [3.05, 3.63) is 47.2 Å². The normalized spacial score (nSPS) is 12.7. The summed E-state index contributed by atoms with van der Waals surface area (Å²) >= 11 is 5.96. The van der Waals surface area contributed by atoms with Crippen molar-refractivity contribution in [1.29, 1.82) is 0 Å². The highest BCUT2D eigenvalue weighted by molar-refractivity contribution is 7.89. The van der Waals surface area contributed by atoms with Gasteiger partial charge in [0.15, 0.2) is 6.10 Å². The minimum Gasteiger partial charge on any atom is -0.448 e. The van der Waals surface area contributed by atoms with Crippen LogP contribution in [0.4, 0.5) is 5.69 Å². The second kappa shape index (κ2) is 7.90. The Morgan fingerprint density at radius 1 is 1.27 bits per heavy atom. The molecule has 0 fully saturated rings. The fraction of sp³-hybridized carbons (Fsp3) is 0.250. The highest BCUT2D eigenvalue weighted by Crippen LogP contribution is 2.27. The summed E-state index contributed by atoms with van der Waals surface area (Å²) in [5.74, 6) is -1.29. The van der Waals surface area contributed by atoms with Crippen LogP contribution in [-0.4, -0.2) is 49.8 Å². The number of nitrogens with one attached hydrogen (secondary N) is 2. The van der Waals surface area contributed by atoms with E-state index in [4.69, 9.17) is 16.3 Å². The highest BCUT2D eigenvalue weighted by Gasteiger charge is 2.23. The summed E-state index contributed by atoms with van der Waals surface area (Å²) in [6, 6.07) is 7.21. The van der Waals surface area contributed by atoms with Crippen LogP contribution in [0.5, 0.6) is 0 Å². The van der Waals surface area contributed by atoms with Gasteiger partial charge in [0.2, 0.25) is 10.0 Å². The van der Waals surface area contributed by atoms with E-state index in [1.54, 1.807) is 12.3 Å². The second-order valence-corrected chi connectivity index (χ2v) is 8.08. The zero-order chi connectivity index (χ0) is 19.5. The molecule has 0 bridgehead atoms. The van der Waals surface area contributed by atoms with Crippen molar-refractivity contribution in [2.45, 2.75) is 17.9 Å². The number of carbonyl (C=O) groups is 2.